The number of hydrogen-bond acceptors (Lipinski definition) is 4. The molecule has 1 aliphatic rings. The van der Waals surface area contributed by atoms with Crippen LogP contribution in [0.5, 0.6) is 0 Å². The van der Waals surface area contributed by atoms with Gasteiger partial charge in [-0.1, -0.05) is 12.1 Å². The van der Waals surface area contributed by atoms with Crippen molar-refractivity contribution in [1.29, 1.82) is 0 Å². The van der Waals surface area contributed by atoms with Crippen LogP contribution in [0.4, 0.5) is 4.39 Å². The number of piperidine rings is 1. The zero-order valence-corrected chi connectivity index (χ0v) is 13.9. The Morgan fingerprint density at radius 1 is 1.48 bits per heavy atom. The number of benzene rings is 1. The van der Waals surface area contributed by atoms with Crippen LogP contribution in [0.15, 0.2) is 30.5 Å². The van der Waals surface area contributed by atoms with E-state index in [0.29, 0.717) is 27.9 Å². The van der Waals surface area contributed by atoms with Crippen LogP contribution < -0.4 is 5.73 Å². The molecule has 23 heavy (non-hydrogen) atoms. The molecule has 0 bridgehead atoms. The van der Waals surface area contributed by atoms with Gasteiger partial charge in [-0.3, -0.25) is 4.79 Å². The predicted molar refractivity (Wildman–Crippen MR) is 89.8 cm³/mol. The molecule has 6 heteroatoms. The van der Waals surface area contributed by atoms with Crippen molar-refractivity contribution in [3.8, 4) is 10.6 Å². The third kappa shape index (κ3) is 3.43. The molecule has 2 heterocycles. The normalized spacial score (nSPS) is 19.6. The van der Waals surface area contributed by atoms with Gasteiger partial charge in [-0.2, -0.15) is 0 Å². The number of nitrogens with two attached hydrogens (primary N) is 1. The summed E-state index contributed by atoms with van der Waals surface area (Å²) in [6.07, 6.45) is 3.58. The van der Waals surface area contributed by atoms with E-state index in [1.807, 2.05) is 11.8 Å². The lowest BCUT2D eigenvalue weighted by Gasteiger charge is -2.34. The predicted octanol–water partition coefficient (Wildman–Crippen LogP) is 3.15. The summed E-state index contributed by atoms with van der Waals surface area (Å²) >= 11 is 1.24. The van der Waals surface area contributed by atoms with E-state index in [9.17, 15) is 9.18 Å². The number of carbonyl (C=O) groups is 1. The highest BCUT2D eigenvalue weighted by Crippen LogP contribution is 2.29. The Bertz CT molecular complexity index is 701. The molecule has 0 saturated carbocycles. The van der Waals surface area contributed by atoms with E-state index in [2.05, 4.69) is 4.98 Å². The molecule has 2 N–H and O–H groups in total. The standard InChI is InChI=1S/C17H20FN3OS/c1-11(19)12-5-4-8-21(10-12)17(22)15-9-20-16(23-15)13-6-2-3-7-14(13)18/h2-3,6-7,9,11-12H,4-5,8,10,19H2,1H3. The topological polar surface area (TPSA) is 59.2 Å². The van der Waals surface area contributed by atoms with Gasteiger partial charge < -0.3 is 10.6 Å². The van der Waals surface area contributed by atoms with Crippen LogP contribution in [-0.2, 0) is 0 Å². The number of rotatable bonds is 3. The number of thiazole rings is 1. The number of likely N-dealkylation sites (tertiary alicyclic amines) is 1. The molecule has 0 radical (unpaired) electrons. The molecule has 1 amide bonds. The lowest BCUT2D eigenvalue weighted by molar-refractivity contribution is 0.0665. The minimum atomic E-state index is -0.323. The van der Waals surface area contributed by atoms with Gasteiger partial charge in [0, 0.05) is 24.7 Å². The second-order valence-corrected chi connectivity index (χ2v) is 7.05. The van der Waals surface area contributed by atoms with Crippen LogP contribution in [-0.4, -0.2) is 34.9 Å². The molecule has 1 saturated heterocycles. The molecule has 122 valence electrons. The van der Waals surface area contributed by atoms with Crippen molar-refractivity contribution in [2.24, 2.45) is 11.7 Å². The first-order valence-corrected chi connectivity index (χ1v) is 8.63. The fourth-order valence-corrected chi connectivity index (χ4v) is 3.82. The molecule has 1 aromatic carbocycles. The molecule has 2 atom stereocenters. The zero-order chi connectivity index (χ0) is 16.4. The molecule has 1 aromatic heterocycles. The average molecular weight is 333 g/mol. The summed E-state index contributed by atoms with van der Waals surface area (Å²) in [5.41, 5.74) is 6.41. The molecule has 2 unspecified atom stereocenters. The van der Waals surface area contributed by atoms with E-state index >= 15 is 0 Å². The molecule has 0 spiro atoms. The molecular formula is C17H20FN3OS. The minimum absolute atomic E-state index is 0.0320. The number of hydrogen-bond donors (Lipinski definition) is 1. The lowest BCUT2D eigenvalue weighted by Crippen LogP contribution is -2.44. The van der Waals surface area contributed by atoms with Crippen LogP contribution in [0.2, 0.25) is 0 Å². The summed E-state index contributed by atoms with van der Waals surface area (Å²) < 4.78 is 13.8. The lowest BCUT2D eigenvalue weighted by atomic mass is 9.92. The molecular weight excluding hydrogens is 313 g/mol. The van der Waals surface area contributed by atoms with E-state index in [1.54, 1.807) is 24.4 Å². The maximum Gasteiger partial charge on any atom is 0.265 e. The highest BCUT2D eigenvalue weighted by molar-refractivity contribution is 7.16. The Morgan fingerprint density at radius 2 is 2.26 bits per heavy atom. The Hall–Kier alpha value is -1.79. The van der Waals surface area contributed by atoms with Crippen molar-refractivity contribution in [3.05, 3.63) is 41.2 Å². The van der Waals surface area contributed by atoms with Gasteiger partial charge in [0.1, 0.15) is 15.7 Å². The zero-order valence-electron chi connectivity index (χ0n) is 13.0. The highest BCUT2D eigenvalue weighted by Gasteiger charge is 2.27. The van der Waals surface area contributed by atoms with Gasteiger partial charge in [-0.25, -0.2) is 9.37 Å². The van der Waals surface area contributed by atoms with E-state index in [4.69, 9.17) is 5.73 Å². The van der Waals surface area contributed by atoms with E-state index in [0.717, 1.165) is 19.4 Å². The highest BCUT2D eigenvalue weighted by atomic mass is 32.1. The minimum Gasteiger partial charge on any atom is -0.338 e. The second-order valence-electron chi connectivity index (χ2n) is 6.02. The van der Waals surface area contributed by atoms with Crippen LogP contribution >= 0.6 is 11.3 Å². The molecule has 1 aliphatic heterocycles. The first kappa shape index (κ1) is 16.1. The van der Waals surface area contributed by atoms with Crippen LogP contribution in [0.1, 0.15) is 29.4 Å². The van der Waals surface area contributed by atoms with Gasteiger partial charge >= 0.3 is 0 Å². The van der Waals surface area contributed by atoms with Crippen molar-refractivity contribution >= 4 is 17.2 Å². The average Bonchev–Trinajstić information content (AvgIpc) is 3.04. The summed E-state index contributed by atoms with van der Waals surface area (Å²) in [6.45, 7) is 3.42. The van der Waals surface area contributed by atoms with Crippen molar-refractivity contribution in [2.75, 3.05) is 13.1 Å². The van der Waals surface area contributed by atoms with E-state index in [-0.39, 0.29) is 17.8 Å². The van der Waals surface area contributed by atoms with Crippen LogP contribution in [0.25, 0.3) is 10.6 Å². The van der Waals surface area contributed by atoms with Gasteiger partial charge in [0.25, 0.3) is 5.91 Å². The summed E-state index contributed by atoms with van der Waals surface area (Å²) in [5, 5.41) is 0.534. The van der Waals surface area contributed by atoms with E-state index in [1.165, 1.54) is 17.4 Å². The molecule has 2 aromatic rings. The molecule has 1 fully saturated rings. The fraction of sp³-hybridized carbons (Fsp3) is 0.412. The molecule has 0 aliphatic carbocycles. The smallest absolute Gasteiger partial charge is 0.265 e. The monoisotopic (exact) mass is 333 g/mol. The summed E-state index contributed by atoms with van der Waals surface area (Å²) in [5.74, 6) is -0.0158. The van der Waals surface area contributed by atoms with Gasteiger partial charge in [0.2, 0.25) is 0 Å². The third-order valence-electron chi connectivity index (χ3n) is 4.31. The van der Waals surface area contributed by atoms with Crippen molar-refractivity contribution in [2.45, 2.75) is 25.8 Å². The van der Waals surface area contributed by atoms with Gasteiger partial charge in [-0.05, 0) is 37.8 Å². The van der Waals surface area contributed by atoms with Gasteiger partial charge in [0.05, 0.1) is 6.20 Å². The number of carbonyl (C=O) groups excluding carboxylic acids is 1. The maximum atomic E-state index is 13.8. The number of nitrogens with zero attached hydrogens (tertiary/aromatic N) is 2. The van der Waals surface area contributed by atoms with E-state index < -0.39 is 0 Å². The number of halogens is 1. The third-order valence-corrected chi connectivity index (χ3v) is 5.33. The largest absolute Gasteiger partial charge is 0.338 e. The van der Waals surface area contributed by atoms with Crippen LogP contribution in [0.3, 0.4) is 0 Å². The summed E-state index contributed by atoms with van der Waals surface area (Å²) in [4.78, 5) is 19.3. The number of aromatic nitrogens is 1. The first-order chi connectivity index (χ1) is 11.1. The van der Waals surface area contributed by atoms with Crippen molar-refractivity contribution < 1.29 is 9.18 Å². The van der Waals surface area contributed by atoms with Gasteiger partial charge in [-0.15, -0.1) is 11.3 Å². The molecule has 3 rings (SSSR count). The Kier molecular flexibility index (Phi) is 4.73. The summed E-state index contributed by atoms with van der Waals surface area (Å²) in [6, 6.07) is 6.56. The van der Waals surface area contributed by atoms with Gasteiger partial charge in [0.15, 0.2) is 0 Å². The Labute approximate surface area is 139 Å². The maximum absolute atomic E-state index is 13.8. The Morgan fingerprint density at radius 3 is 3.00 bits per heavy atom. The number of amides is 1. The second kappa shape index (κ2) is 6.76. The first-order valence-electron chi connectivity index (χ1n) is 7.82. The Balaban J connectivity index is 1.78. The fourth-order valence-electron chi connectivity index (χ4n) is 2.91. The SMILES string of the molecule is CC(N)C1CCCN(C(=O)c2cnc(-c3ccccc3F)s2)C1. The quantitative estimate of drug-likeness (QED) is 0.939. The molecule has 4 nitrogen and oxygen atoms in total. The van der Waals surface area contributed by atoms with Crippen molar-refractivity contribution in [3.63, 3.8) is 0 Å². The summed E-state index contributed by atoms with van der Waals surface area (Å²) in [7, 11) is 0. The van der Waals surface area contributed by atoms with Crippen LogP contribution in [0, 0.1) is 11.7 Å². The van der Waals surface area contributed by atoms with Crippen molar-refractivity contribution in [1.82, 2.24) is 9.88 Å².